The lowest BCUT2D eigenvalue weighted by atomic mass is 10.0. The SMILES string of the molecule is COc1ccc(C2=NN(Cc3ccc([N+]4(CCC(=O)O)CCC(O)CC4)cc3)C(=O)SC2)cc1OC1CCCC1. The fourth-order valence-electron chi connectivity index (χ4n) is 5.85. The highest BCUT2D eigenvalue weighted by Crippen LogP contribution is 2.34. The van der Waals surface area contributed by atoms with Gasteiger partial charge in [0.25, 0.3) is 0 Å². The van der Waals surface area contributed by atoms with E-state index in [9.17, 15) is 19.8 Å². The molecule has 40 heavy (non-hydrogen) atoms. The van der Waals surface area contributed by atoms with E-state index in [1.54, 1.807) is 7.11 Å². The molecule has 10 heteroatoms. The van der Waals surface area contributed by atoms with Gasteiger partial charge in [-0.05, 0) is 61.6 Å². The third-order valence-corrected chi connectivity index (χ3v) is 9.10. The second-order valence-corrected chi connectivity index (χ2v) is 11.8. The summed E-state index contributed by atoms with van der Waals surface area (Å²) in [6.07, 6.45) is 5.70. The molecule has 0 aromatic heterocycles. The number of quaternary nitrogens is 1. The fraction of sp³-hybridized carbons (Fsp3) is 0.500. The molecule has 0 radical (unpaired) electrons. The average Bonchev–Trinajstić information content (AvgIpc) is 3.48. The van der Waals surface area contributed by atoms with Crippen molar-refractivity contribution in [3.8, 4) is 11.5 Å². The number of carbonyl (C=O) groups is 2. The van der Waals surface area contributed by atoms with Crippen LogP contribution >= 0.6 is 11.8 Å². The van der Waals surface area contributed by atoms with E-state index in [4.69, 9.17) is 14.6 Å². The normalized spacial score (nSPS) is 23.6. The lowest BCUT2D eigenvalue weighted by Gasteiger charge is -2.42. The standard InChI is InChI=1S/C30H37N3O6S/c1-38-27-11-8-22(18-28(27)39-25-4-2-3-5-25)26-20-40-30(37)32(31-26)19-21-6-9-23(10-7-21)33(17-14-29(35)36)15-12-24(34)13-16-33/h6-11,18,24-25,34H,2-5,12-17,19-20H2,1H3/p+1. The van der Waals surface area contributed by atoms with Crippen molar-refractivity contribution in [2.75, 3.05) is 32.5 Å². The number of carbonyl (C=O) groups excluding carboxylic acids is 1. The molecule has 2 N–H and O–H groups in total. The molecule has 1 aliphatic carbocycles. The van der Waals surface area contributed by atoms with Crippen molar-refractivity contribution in [3.63, 3.8) is 0 Å². The van der Waals surface area contributed by atoms with Crippen LogP contribution < -0.4 is 14.0 Å². The number of likely N-dealkylation sites (tertiary alicyclic amines) is 1. The molecule has 0 atom stereocenters. The third kappa shape index (κ3) is 6.62. The Kier molecular flexibility index (Phi) is 8.97. The first kappa shape index (κ1) is 28.4. The number of aliphatic hydroxyl groups is 1. The van der Waals surface area contributed by atoms with E-state index in [1.807, 2.05) is 42.5 Å². The molecule has 0 bridgehead atoms. The van der Waals surface area contributed by atoms with Gasteiger partial charge in [0.1, 0.15) is 5.69 Å². The summed E-state index contributed by atoms with van der Waals surface area (Å²) < 4.78 is 12.3. The predicted molar refractivity (Wildman–Crippen MR) is 156 cm³/mol. The number of benzene rings is 2. The summed E-state index contributed by atoms with van der Waals surface area (Å²) in [5, 5.41) is 25.5. The van der Waals surface area contributed by atoms with Gasteiger partial charge < -0.3 is 19.7 Å². The highest BCUT2D eigenvalue weighted by Gasteiger charge is 2.36. The number of ether oxygens (including phenoxy) is 2. The second-order valence-electron chi connectivity index (χ2n) is 10.9. The Morgan fingerprint density at radius 2 is 1.80 bits per heavy atom. The molecule has 2 heterocycles. The van der Waals surface area contributed by atoms with Gasteiger partial charge >= 0.3 is 11.2 Å². The van der Waals surface area contributed by atoms with Crippen molar-refractivity contribution in [3.05, 3.63) is 53.6 Å². The number of amides is 1. The van der Waals surface area contributed by atoms with Crippen molar-refractivity contribution in [1.29, 1.82) is 0 Å². The van der Waals surface area contributed by atoms with Crippen molar-refractivity contribution >= 4 is 34.4 Å². The van der Waals surface area contributed by atoms with E-state index >= 15 is 0 Å². The maximum atomic E-state index is 12.8. The zero-order chi connectivity index (χ0) is 28.1. The first-order chi connectivity index (χ1) is 19.3. The maximum absolute atomic E-state index is 12.8. The number of carboxylic acid groups (broad SMARTS) is 1. The number of carboxylic acids is 1. The van der Waals surface area contributed by atoms with Gasteiger partial charge in [0.2, 0.25) is 0 Å². The molecule has 2 aliphatic heterocycles. The van der Waals surface area contributed by atoms with Crippen LogP contribution in [0.3, 0.4) is 0 Å². The molecule has 2 aromatic rings. The molecule has 0 spiro atoms. The highest BCUT2D eigenvalue weighted by molar-refractivity contribution is 8.14. The Hall–Kier alpha value is -3.08. The lowest BCUT2D eigenvalue weighted by Crippen LogP contribution is -2.56. The number of hydrogen-bond acceptors (Lipinski definition) is 7. The molecule has 1 saturated heterocycles. The first-order valence-electron chi connectivity index (χ1n) is 14.1. The Morgan fingerprint density at radius 1 is 1.07 bits per heavy atom. The van der Waals surface area contributed by atoms with Gasteiger partial charge in [-0.2, -0.15) is 5.10 Å². The van der Waals surface area contributed by atoms with E-state index in [2.05, 4.69) is 0 Å². The van der Waals surface area contributed by atoms with Crippen LogP contribution in [-0.4, -0.2) is 76.8 Å². The van der Waals surface area contributed by atoms with Crippen molar-refractivity contribution in [1.82, 2.24) is 9.49 Å². The number of hydrogen-bond donors (Lipinski definition) is 2. The molecular weight excluding hydrogens is 530 g/mol. The number of aliphatic carboxylic acids is 1. The Labute approximate surface area is 239 Å². The Balaban J connectivity index is 1.32. The zero-order valence-electron chi connectivity index (χ0n) is 23.0. The number of nitrogens with zero attached hydrogens (tertiary/aromatic N) is 3. The van der Waals surface area contributed by atoms with Gasteiger partial charge in [-0.15, -0.1) is 0 Å². The van der Waals surface area contributed by atoms with Gasteiger partial charge in [-0.3, -0.25) is 14.1 Å². The molecule has 9 nitrogen and oxygen atoms in total. The fourth-order valence-corrected chi connectivity index (χ4v) is 6.59. The third-order valence-electron chi connectivity index (χ3n) is 8.23. The Bertz CT molecular complexity index is 1240. The average molecular weight is 569 g/mol. The Morgan fingerprint density at radius 3 is 2.48 bits per heavy atom. The minimum Gasteiger partial charge on any atom is -0.493 e. The van der Waals surface area contributed by atoms with Crippen LogP contribution in [0.1, 0.15) is 56.1 Å². The second kappa shape index (κ2) is 12.6. The summed E-state index contributed by atoms with van der Waals surface area (Å²) in [7, 11) is 1.64. The molecular formula is C30H38N3O6S+. The lowest BCUT2D eigenvalue weighted by molar-refractivity contribution is -0.137. The van der Waals surface area contributed by atoms with Gasteiger partial charge in [-0.25, -0.2) is 5.01 Å². The van der Waals surface area contributed by atoms with E-state index in [-0.39, 0.29) is 23.9 Å². The van der Waals surface area contributed by atoms with E-state index in [1.165, 1.54) is 29.6 Å². The maximum Gasteiger partial charge on any atom is 0.309 e. The van der Waals surface area contributed by atoms with Gasteiger partial charge in [0.05, 0.1) is 57.6 Å². The number of piperidine rings is 1. The number of thioether (sulfide) groups is 1. The van der Waals surface area contributed by atoms with Crippen LogP contribution in [-0.2, 0) is 11.3 Å². The quantitative estimate of drug-likeness (QED) is 0.387. The largest absolute Gasteiger partial charge is 0.493 e. The van der Waals surface area contributed by atoms with Crippen LogP contribution in [0.4, 0.5) is 10.5 Å². The summed E-state index contributed by atoms with van der Waals surface area (Å²) in [4.78, 5) is 24.1. The molecule has 2 fully saturated rings. The highest BCUT2D eigenvalue weighted by atomic mass is 32.2. The molecule has 5 rings (SSSR count). The van der Waals surface area contributed by atoms with Crippen LogP contribution in [0.15, 0.2) is 47.6 Å². The smallest absolute Gasteiger partial charge is 0.309 e. The van der Waals surface area contributed by atoms with Gasteiger partial charge in [0.15, 0.2) is 11.5 Å². The van der Waals surface area contributed by atoms with Gasteiger partial charge in [-0.1, -0.05) is 23.9 Å². The molecule has 1 amide bonds. The van der Waals surface area contributed by atoms with Crippen LogP contribution in [0.25, 0.3) is 0 Å². The molecule has 2 aromatic carbocycles. The minimum absolute atomic E-state index is 0.0770. The number of hydrazone groups is 1. The van der Waals surface area contributed by atoms with Crippen LogP contribution in [0.2, 0.25) is 0 Å². The minimum atomic E-state index is -0.816. The van der Waals surface area contributed by atoms with Crippen LogP contribution in [0.5, 0.6) is 11.5 Å². The van der Waals surface area contributed by atoms with Gasteiger partial charge in [0, 0.05) is 24.2 Å². The monoisotopic (exact) mass is 568 g/mol. The predicted octanol–water partition coefficient (Wildman–Crippen LogP) is 5.03. The van der Waals surface area contributed by atoms with E-state index < -0.39 is 5.97 Å². The summed E-state index contributed by atoms with van der Waals surface area (Å²) in [5.41, 5.74) is 3.70. The number of aliphatic hydroxyl groups excluding tert-OH is 1. The van der Waals surface area contributed by atoms with Crippen LogP contribution in [0, 0.1) is 0 Å². The number of rotatable bonds is 10. The molecule has 1 saturated carbocycles. The first-order valence-corrected chi connectivity index (χ1v) is 15.1. The summed E-state index contributed by atoms with van der Waals surface area (Å²) in [6, 6.07) is 13.9. The van der Waals surface area contributed by atoms with E-state index in [0.29, 0.717) is 60.8 Å². The van der Waals surface area contributed by atoms with Crippen molar-refractivity contribution < 1.29 is 29.3 Å². The number of methoxy groups -OCH3 is 1. The van der Waals surface area contributed by atoms with E-state index in [0.717, 1.165) is 35.4 Å². The summed E-state index contributed by atoms with van der Waals surface area (Å²) in [5.74, 6) is 1.08. The van der Waals surface area contributed by atoms with Crippen molar-refractivity contribution in [2.45, 2.75) is 63.7 Å². The molecule has 3 aliphatic rings. The zero-order valence-corrected chi connectivity index (χ0v) is 23.8. The topological polar surface area (TPSA) is 109 Å². The summed E-state index contributed by atoms with van der Waals surface area (Å²) in [6.45, 7) is 2.24. The van der Waals surface area contributed by atoms with Crippen molar-refractivity contribution in [2.24, 2.45) is 5.10 Å². The molecule has 0 unspecified atom stereocenters. The molecule has 214 valence electrons. The summed E-state index contributed by atoms with van der Waals surface area (Å²) >= 11 is 1.23.